The Balaban J connectivity index is 3.43. The second kappa shape index (κ2) is 14.8. The van der Waals surface area contributed by atoms with Crippen LogP contribution in [0.4, 0.5) is 0 Å². The predicted octanol–water partition coefficient (Wildman–Crippen LogP) is 4.84. The summed E-state index contributed by atoms with van der Waals surface area (Å²) in [5, 5.41) is 8.49. The molecular weight excluding hydrogens is 264 g/mol. The van der Waals surface area contributed by atoms with Gasteiger partial charge in [-0.2, -0.15) is 0 Å². The molecular formula is C18H28O3. The third kappa shape index (κ3) is 16.3. The van der Waals surface area contributed by atoms with Gasteiger partial charge < -0.3 is 5.11 Å². The van der Waals surface area contributed by atoms with E-state index in [2.05, 4.69) is 13.0 Å². The molecule has 0 bridgehead atoms. The minimum Gasteiger partial charge on any atom is -0.481 e. The topological polar surface area (TPSA) is 54.4 Å². The second-order valence-corrected chi connectivity index (χ2v) is 5.04. The smallest absolute Gasteiger partial charge is 0.303 e. The lowest BCUT2D eigenvalue weighted by Crippen LogP contribution is -1.93. The SMILES string of the molecule is CC/C=C\C=C\C(=O)C/C=C\CCCCCCCC(=O)O. The van der Waals surface area contributed by atoms with Crippen molar-refractivity contribution < 1.29 is 14.7 Å². The number of carboxylic acid groups (broad SMARTS) is 1. The Hall–Kier alpha value is -1.64. The molecule has 0 saturated carbocycles. The first-order valence-corrected chi connectivity index (χ1v) is 7.89. The standard InChI is InChI=1S/C18H28O3/c1-2-3-4-11-14-17(19)15-12-9-7-5-6-8-10-13-16-18(20)21/h3-4,9,11-12,14H,2,5-8,10,13,15-16H2,1H3,(H,20,21)/b4-3-,12-9-,14-11+. The molecule has 0 aliphatic heterocycles. The molecule has 0 aromatic heterocycles. The third-order valence-electron chi connectivity index (χ3n) is 3.01. The molecule has 0 amide bonds. The number of ketones is 1. The van der Waals surface area contributed by atoms with Gasteiger partial charge in [-0.3, -0.25) is 9.59 Å². The number of carbonyl (C=O) groups excluding carboxylic acids is 1. The Morgan fingerprint density at radius 3 is 2.33 bits per heavy atom. The number of carbonyl (C=O) groups is 2. The van der Waals surface area contributed by atoms with E-state index in [9.17, 15) is 9.59 Å². The molecule has 0 unspecified atom stereocenters. The van der Waals surface area contributed by atoms with Crippen LogP contribution in [0.5, 0.6) is 0 Å². The van der Waals surface area contributed by atoms with Crippen LogP contribution in [0.3, 0.4) is 0 Å². The van der Waals surface area contributed by atoms with E-state index >= 15 is 0 Å². The van der Waals surface area contributed by atoms with E-state index in [-0.39, 0.29) is 12.2 Å². The zero-order chi connectivity index (χ0) is 15.8. The zero-order valence-electron chi connectivity index (χ0n) is 13.1. The van der Waals surface area contributed by atoms with Gasteiger partial charge in [-0.15, -0.1) is 0 Å². The molecule has 0 spiro atoms. The van der Waals surface area contributed by atoms with Gasteiger partial charge >= 0.3 is 5.97 Å². The summed E-state index contributed by atoms with van der Waals surface area (Å²) in [5.74, 6) is -0.581. The first kappa shape index (κ1) is 19.4. The van der Waals surface area contributed by atoms with Crippen LogP contribution < -0.4 is 0 Å². The fourth-order valence-corrected chi connectivity index (χ4v) is 1.83. The van der Waals surface area contributed by atoms with Crippen LogP contribution in [-0.2, 0) is 9.59 Å². The highest BCUT2D eigenvalue weighted by Gasteiger charge is 1.96. The molecule has 3 nitrogen and oxygen atoms in total. The number of allylic oxidation sites excluding steroid dienone is 6. The van der Waals surface area contributed by atoms with E-state index in [1.807, 2.05) is 18.2 Å². The van der Waals surface area contributed by atoms with Crippen molar-refractivity contribution in [1.82, 2.24) is 0 Å². The van der Waals surface area contributed by atoms with Gasteiger partial charge in [0.25, 0.3) is 0 Å². The normalized spacial score (nSPS) is 11.9. The number of rotatable bonds is 13. The Labute approximate surface area is 128 Å². The van der Waals surface area contributed by atoms with Crippen molar-refractivity contribution in [3.63, 3.8) is 0 Å². The van der Waals surface area contributed by atoms with Gasteiger partial charge in [0, 0.05) is 12.8 Å². The molecule has 0 rings (SSSR count). The lowest BCUT2D eigenvalue weighted by molar-refractivity contribution is -0.137. The molecule has 3 heteroatoms. The molecule has 0 radical (unpaired) electrons. The van der Waals surface area contributed by atoms with E-state index in [0.717, 1.165) is 44.9 Å². The van der Waals surface area contributed by atoms with E-state index < -0.39 is 5.97 Å². The lowest BCUT2D eigenvalue weighted by Gasteiger charge is -1.98. The van der Waals surface area contributed by atoms with Gasteiger partial charge in [-0.1, -0.05) is 56.6 Å². The summed E-state index contributed by atoms with van der Waals surface area (Å²) in [7, 11) is 0. The summed E-state index contributed by atoms with van der Waals surface area (Å²) in [4.78, 5) is 21.8. The van der Waals surface area contributed by atoms with Crippen LogP contribution in [0.25, 0.3) is 0 Å². The molecule has 0 fully saturated rings. The highest BCUT2D eigenvalue weighted by molar-refractivity contribution is 5.90. The van der Waals surface area contributed by atoms with Crippen molar-refractivity contribution in [1.29, 1.82) is 0 Å². The highest BCUT2D eigenvalue weighted by atomic mass is 16.4. The maximum Gasteiger partial charge on any atom is 0.303 e. The quantitative estimate of drug-likeness (QED) is 0.229. The van der Waals surface area contributed by atoms with Crippen LogP contribution in [0.15, 0.2) is 36.5 Å². The first-order chi connectivity index (χ1) is 10.2. The van der Waals surface area contributed by atoms with Gasteiger partial charge in [0.2, 0.25) is 0 Å². The number of unbranched alkanes of at least 4 members (excludes halogenated alkanes) is 5. The first-order valence-electron chi connectivity index (χ1n) is 7.89. The molecule has 21 heavy (non-hydrogen) atoms. The summed E-state index contributed by atoms with van der Waals surface area (Å²) in [6, 6.07) is 0. The molecule has 0 aliphatic rings. The van der Waals surface area contributed by atoms with Crippen molar-refractivity contribution in [3.8, 4) is 0 Å². The summed E-state index contributed by atoms with van der Waals surface area (Å²) < 4.78 is 0. The maximum absolute atomic E-state index is 11.4. The maximum atomic E-state index is 11.4. The van der Waals surface area contributed by atoms with Crippen molar-refractivity contribution in [3.05, 3.63) is 36.5 Å². The van der Waals surface area contributed by atoms with Crippen LogP contribution in [0, 0.1) is 0 Å². The molecule has 0 heterocycles. The van der Waals surface area contributed by atoms with Gasteiger partial charge in [-0.25, -0.2) is 0 Å². The number of carboxylic acids is 1. The van der Waals surface area contributed by atoms with Crippen molar-refractivity contribution in [2.24, 2.45) is 0 Å². The minimum absolute atomic E-state index is 0.126. The molecule has 0 aliphatic carbocycles. The molecule has 0 aromatic carbocycles. The van der Waals surface area contributed by atoms with Crippen LogP contribution in [0.1, 0.15) is 64.7 Å². The van der Waals surface area contributed by atoms with E-state index in [1.54, 1.807) is 12.2 Å². The van der Waals surface area contributed by atoms with Gasteiger partial charge in [0.15, 0.2) is 5.78 Å². The summed E-state index contributed by atoms with van der Waals surface area (Å²) in [6.45, 7) is 2.06. The van der Waals surface area contributed by atoms with Crippen LogP contribution >= 0.6 is 0 Å². The molecule has 0 atom stereocenters. The Morgan fingerprint density at radius 1 is 0.905 bits per heavy atom. The summed E-state index contributed by atoms with van der Waals surface area (Å²) in [6.07, 6.45) is 19.1. The minimum atomic E-state index is -0.707. The fraction of sp³-hybridized carbons (Fsp3) is 0.556. The van der Waals surface area contributed by atoms with Gasteiger partial charge in [0.05, 0.1) is 0 Å². The number of aliphatic carboxylic acids is 1. The van der Waals surface area contributed by atoms with E-state index in [4.69, 9.17) is 5.11 Å². The Bertz CT molecular complexity index is 365. The van der Waals surface area contributed by atoms with Crippen LogP contribution in [-0.4, -0.2) is 16.9 Å². The summed E-state index contributed by atoms with van der Waals surface area (Å²) >= 11 is 0. The predicted molar refractivity (Wildman–Crippen MR) is 87.3 cm³/mol. The number of hydrogen-bond acceptors (Lipinski definition) is 2. The highest BCUT2D eigenvalue weighted by Crippen LogP contribution is 2.07. The van der Waals surface area contributed by atoms with Crippen molar-refractivity contribution in [2.45, 2.75) is 64.7 Å². The monoisotopic (exact) mass is 292 g/mol. The summed E-state index contributed by atoms with van der Waals surface area (Å²) in [5.41, 5.74) is 0. The van der Waals surface area contributed by atoms with Crippen molar-refractivity contribution in [2.75, 3.05) is 0 Å². The molecule has 118 valence electrons. The third-order valence-corrected chi connectivity index (χ3v) is 3.01. The number of hydrogen-bond donors (Lipinski definition) is 1. The van der Waals surface area contributed by atoms with E-state index in [0.29, 0.717) is 6.42 Å². The van der Waals surface area contributed by atoms with Gasteiger partial charge in [-0.05, 0) is 31.8 Å². The zero-order valence-corrected chi connectivity index (χ0v) is 13.1. The molecule has 1 N–H and O–H groups in total. The van der Waals surface area contributed by atoms with Crippen molar-refractivity contribution >= 4 is 11.8 Å². The van der Waals surface area contributed by atoms with E-state index in [1.165, 1.54) is 0 Å². The Morgan fingerprint density at radius 2 is 1.62 bits per heavy atom. The molecule has 0 aromatic rings. The lowest BCUT2D eigenvalue weighted by atomic mass is 10.1. The van der Waals surface area contributed by atoms with Crippen LogP contribution in [0.2, 0.25) is 0 Å². The average Bonchev–Trinajstić information content (AvgIpc) is 2.45. The fourth-order valence-electron chi connectivity index (χ4n) is 1.83. The average molecular weight is 292 g/mol. The second-order valence-electron chi connectivity index (χ2n) is 5.04. The largest absolute Gasteiger partial charge is 0.481 e. The molecule has 0 saturated heterocycles. The Kier molecular flexibility index (Phi) is 13.6. The van der Waals surface area contributed by atoms with Gasteiger partial charge in [0.1, 0.15) is 0 Å².